The monoisotopic (exact) mass is 284 g/mol. The summed E-state index contributed by atoms with van der Waals surface area (Å²) < 4.78 is 21.1. The van der Waals surface area contributed by atoms with E-state index >= 15 is 0 Å². The first kappa shape index (κ1) is 11.1. The van der Waals surface area contributed by atoms with Crippen molar-refractivity contribution in [2.75, 3.05) is 0 Å². The van der Waals surface area contributed by atoms with Gasteiger partial charge < -0.3 is 9.30 Å². The van der Waals surface area contributed by atoms with Crippen molar-refractivity contribution < 1.29 is 9.13 Å². The van der Waals surface area contributed by atoms with E-state index in [1.807, 2.05) is 17.8 Å². The number of hydrogen-bond donors (Lipinski definition) is 0. The van der Waals surface area contributed by atoms with Gasteiger partial charge in [-0.15, -0.1) is 0 Å². The number of hydrogen-bond acceptors (Lipinski definition) is 2. The number of nitrogens with zero attached hydrogens (tertiary/aromatic N) is 2. The van der Waals surface area contributed by atoms with Crippen LogP contribution in [0.2, 0.25) is 0 Å². The molecule has 0 aliphatic heterocycles. The van der Waals surface area contributed by atoms with Crippen molar-refractivity contribution >= 4 is 15.9 Å². The maximum atomic E-state index is 13.2. The minimum absolute atomic E-state index is 0.238. The average molecular weight is 285 g/mol. The molecule has 1 aromatic carbocycles. The highest BCUT2D eigenvalue weighted by atomic mass is 79.9. The van der Waals surface area contributed by atoms with Gasteiger partial charge >= 0.3 is 0 Å². The van der Waals surface area contributed by atoms with Gasteiger partial charge in [-0.25, -0.2) is 9.37 Å². The zero-order valence-electron chi connectivity index (χ0n) is 8.65. The molecule has 5 heteroatoms. The number of ether oxygens (including phenoxy) is 1. The van der Waals surface area contributed by atoms with Gasteiger partial charge in [-0.1, -0.05) is 12.1 Å². The van der Waals surface area contributed by atoms with Gasteiger partial charge in [-0.3, -0.25) is 0 Å². The van der Waals surface area contributed by atoms with Crippen LogP contribution in [0.5, 0.6) is 5.75 Å². The lowest BCUT2D eigenvalue weighted by Crippen LogP contribution is -2.03. The Kier molecular flexibility index (Phi) is 3.24. The van der Waals surface area contributed by atoms with Gasteiger partial charge in [-0.05, 0) is 28.1 Å². The summed E-state index contributed by atoms with van der Waals surface area (Å²) in [7, 11) is 1.86. The summed E-state index contributed by atoms with van der Waals surface area (Å²) in [5, 5.41) is 0. The van der Waals surface area contributed by atoms with Crippen LogP contribution >= 0.6 is 15.9 Å². The highest BCUT2D eigenvalue weighted by Gasteiger charge is 2.06. The van der Waals surface area contributed by atoms with Crippen LogP contribution in [0.1, 0.15) is 5.82 Å². The van der Waals surface area contributed by atoms with E-state index in [1.54, 1.807) is 18.2 Å². The summed E-state index contributed by atoms with van der Waals surface area (Å²) >= 11 is 3.26. The van der Waals surface area contributed by atoms with Crippen molar-refractivity contribution in [2.45, 2.75) is 6.61 Å². The van der Waals surface area contributed by atoms with Crippen molar-refractivity contribution in [1.82, 2.24) is 9.55 Å². The summed E-state index contributed by atoms with van der Waals surface area (Å²) in [6.07, 6.45) is 1.82. The van der Waals surface area contributed by atoms with Gasteiger partial charge in [0.1, 0.15) is 17.0 Å². The number of aromatic nitrogens is 2. The molecule has 2 rings (SSSR count). The zero-order valence-corrected chi connectivity index (χ0v) is 10.2. The number of aryl methyl sites for hydroxylation is 1. The van der Waals surface area contributed by atoms with Crippen LogP contribution in [0.25, 0.3) is 0 Å². The normalized spacial score (nSPS) is 10.4. The fourth-order valence-corrected chi connectivity index (χ4v) is 1.82. The molecule has 0 saturated carbocycles. The Bertz CT molecular complexity index is 498. The Morgan fingerprint density at radius 2 is 2.19 bits per heavy atom. The van der Waals surface area contributed by atoms with Crippen molar-refractivity contribution in [3.8, 4) is 5.75 Å². The maximum absolute atomic E-state index is 13.2. The Labute approximate surface area is 101 Å². The van der Waals surface area contributed by atoms with Crippen LogP contribution in [-0.2, 0) is 13.7 Å². The topological polar surface area (TPSA) is 27.1 Å². The lowest BCUT2D eigenvalue weighted by Gasteiger charge is -2.06. The Hall–Kier alpha value is -1.36. The smallest absolute Gasteiger partial charge is 0.165 e. The molecule has 84 valence electrons. The molecule has 0 aliphatic rings. The van der Waals surface area contributed by atoms with Crippen LogP contribution < -0.4 is 4.74 Å². The fourth-order valence-electron chi connectivity index (χ4n) is 1.30. The number of halogens is 2. The molecule has 0 fully saturated rings. The van der Waals surface area contributed by atoms with Crippen LogP contribution in [-0.4, -0.2) is 9.55 Å². The summed E-state index contributed by atoms with van der Waals surface area (Å²) in [4.78, 5) is 4.19. The van der Waals surface area contributed by atoms with Crippen LogP contribution in [0.3, 0.4) is 0 Å². The van der Waals surface area contributed by atoms with E-state index in [-0.39, 0.29) is 18.2 Å². The van der Waals surface area contributed by atoms with E-state index in [1.165, 1.54) is 6.07 Å². The molecule has 0 radical (unpaired) electrons. The van der Waals surface area contributed by atoms with E-state index in [0.717, 1.165) is 10.4 Å². The van der Waals surface area contributed by atoms with Crippen LogP contribution in [0, 0.1) is 5.82 Å². The van der Waals surface area contributed by atoms with E-state index in [2.05, 4.69) is 20.9 Å². The molecule has 0 bridgehead atoms. The zero-order chi connectivity index (χ0) is 11.5. The Balaban J connectivity index is 2.08. The van der Waals surface area contributed by atoms with Crippen molar-refractivity contribution in [3.63, 3.8) is 0 Å². The van der Waals surface area contributed by atoms with Gasteiger partial charge in [0.25, 0.3) is 0 Å². The molecule has 2 aromatic rings. The Morgan fingerprint density at radius 3 is 2.81 bits per heavy atom. The highest BCUT2D eigenvalue weighted by molar-refractivity contribution is 9.10. The maximum Gasteiger partial charge on any atom is 0.165 e. The van der Waals surface area contributed by atoms with Gasteiger partial charge in [-0.2, -0.15) is 0 Å². The molecule has 3 nitrogen and oxygen atoms in total. The predicted octanol–water partition coefficient (Wildman–Crippen LogP) is 2.90. The summed E-state index contributed by atoms with van der Waals surface area (Å²) in [6, 6.07) is 6.31. The third-order valence-corrected chi connectivity index (χ3v) is 2.52. The van der Waals surface area contributed by atoms with E-state index in [9.17, 15) is 4.39 Å². The molecule has 0 saturated heterocycles. The molecule has 1 aromatic heterocycles. The fraction of sp³-hybridized carbons (Fsp3) is 0.182. The van der Waals surface area contributed by atoms with Gasteiger partial charge in [0.2, 0.25) is 0 Å². The third kappa shape index (κ3) is 2.41. The SMILES string of the molecule is Cn1cc(Br)nc1COc1ccccc1F. The molecule has 0 spiro atoms. The molecule has 0 amide bonds. The molecular weight excluding hydrogens is 275 g/mol. The molecule has 16 heavy (non-hydrogen) atoms. The molecule has 0 atom stereocenters. The number of rotatable bonds is 3. The van der Waals surface area contributed by atoms with Crippen molar-refractivity contribution in [2.24, 2.45) is 7.05 Å². The second kappa shape index (κ2) is 4.65. The second-order valence-corrected chi connectivity index (χ2v) is 4.12. The first-order chi connectivity index (χ1) is 7.66. The molecule has 0 aliphatic carbocycles. The minimum Gasteiger partial charge on any atom is -0.483 e. The van der Waals surface area contributed by atoms with Gasteiger partial charge in [0.15, 0.2) is 11.6 Å². The lowest BCUT2D eigenvalue weighted by molar-refractivity contribution is 0.277. The number of para-hydroxylation sites is 1. The molecule has 1 heterocycles. The lowest BCUT2D eigenvalue weighted by atomic mass is 10.3. The van der Waals surface area contributed by atoms with E-state index < -0.39 is 0 Å². The van der Waals surface area contributed by atoms with Crippen molar-refractivity contribution in [1.29, 1.82) is 0 Å². The van der Waals surface area contributed by atoms with Crippen molar-refractivity contribution in [3.05, 3.63) is 46.7 Å². The molecular formula is C11H10BrFN2O. The molecule has 0 unspecified atom stereocenters. The minimum atomic E-state index is -0.365. The first-order valence-corrected chi connectivity index (χ1v) is 5.51. The number of benzene rings is 1. The predicted molar refractivity (Wildman–Crippen MR) is 61.6 cm³/mol. The van der Waals surface area contributed by atoms with Crippen LogP contribution in [0.15, 0.2) is 35.1 Å². The second-order valence-electron chi connectivity index (χ2n) is 3.31. The quantitative estimate of drug-likeness (QED) is 0.867. The standard InChI is InChI=1S/C11H10BrFN2O/c1-15-6-10(12)14-11(15)7-16-9-5-3-2-4-8(9)13/h2-6H,7H2,1H3. The largest absolute Gasteiger partial charge is 0.483 e. The van der Waals surface area contributed by atoms with Crippen LogP contribution in [0.4, 0.5) is 4.39 Å². The average Bonchev–Trinajstić information content (AvgIpc) is 2.56. The first-order valence-electron chi connectivity index (χ1n) is 4.72. The van der Waals surface area contributed by atoms with E-state index in [4.69, 9.17) is 4.74 Å². The van der Waals surface area contributed by atoms with Gasteiger partial charge in [0.05, 0.1) is 0 Å². The van der Waals surface area contributed by atoms with E-state index in [0.29, 0.717) is 0 Å². The third-order valence-electron chi connectivity index (χ3n) is 2.14. The van der Waals surface area contributed by atoms with Gasteiger partial charge in [0, 0.05) is 13.2 Å². The number of imidazole rings is 1. The summed E-state index contributed by atoms with van der Waals surface area (Å²) in [5.41, 5.74) is 0. The summed E-state index contributed by atoms with van der Waals surface area (Å²) in [5.74, 6) is 0.604. The molecule has 0 N–H and O–H groups in total. The Morgan fingerprint density at radius 1 is 1.44 bits per heavy atom. The summed E-state index contributed by atoms with van der Waals surface area (Å²) in [6.45, 7) is 0.239. The highest BCUT2D eigenvalue weighted by Crippen LogP contribution is 2.17.